The van der Waals surface area contributed by atoms with E-state index in [2.05, 4.69) is 10.3 Å². The molecule has 0 aliphatic rings. The summed E-state index contributed by atoms with van der Waals surface area (Å²) in [7, 11) is 0. The Kier molecular flexibility index (Phi) is 5.53. The van der Waals surface area contributed by atoms with Crippen LogP contribution in [0.5, 0.6) is 5.75 Å². The van der Waals surface area contributed by atoms with Crippen molar-refractivity contribution in [1.29, 1.82) is 0 Å². The van der Waals surface area contributed by atoms with Crippen molar-refractivity contribution in [3.05, 3.63) is 95.8 Å². The molecule has 0 saturated heterocycles. The summed E-state index contributed by atoms with van der Waals surface area (Å²) in [6.07, 6.45) is 1.64. The molecule has 0 bridgehead atoms. The molecule has 1 amide bonds. The zero-order valence-electron chi connectivity index (χ0n) is 13.7. The second-order valence-electron chi connectivity index (χ2n) is 5.53. The number of amides is 1. The van der Waals surface area contributed by atoms with E-state index in [9.17, 15) is 13.6 Å². The molecule has 26 heavy (non-hydrogen) atoms. The van der Waals surface area contributed by atoms with Gasteiger partial charge >= 0.3 is 0 Å². The summed E-state index contributed by atoms with van der Waals surface area (Å²) in [5.41, 5.74) is 1.52. The van der Waals surface area contributed by atoms with E-state index >= 15 is 0 Å². The summed E-state index contributed by atoms with van der Waals surface area (Å²) < 4.78 is 31.7. The molecule has 1 N–H and O–H groups in total. The first-order chi connectivity index (χ1) is 12.6. The summed E-state index contributed by atoms with van der Waals surface area (Å²) in [5, 5.41) is 2.83. The Morgan fingerprint density at radius 2 is 1.81 bits per heavy atom. The number of carbonyl (C=O) groups is 1. The molecule has 1 aromatic heterocycles. The second-order valence-corrected chi connectivity index (χ2v) is 5.53. The number of pyridine rings is 1. The number of carbonyl (C=O) groups excluding carboxylic acids is 1. The van der Waals surface area contributed by atoms with Crippen molar-refractivity contribution in [2.75, 3.05) is 6.61 Å². The Morgan fingerprint density at radius 1 is 1.04 bits per heavy atom. The van der Waals surface area contributed by atoms with Gasteiger partial charge in [0.05, 0.1) is 11.7 Å². The monoisotopic (exact) mass is 354 g/mol. The first kappa shape index (κ1) is 17.5. The van der Waals surface area contributed by atoms with Gasteiger partial charge in [-0.1, -0.05) is 36.4 Å². The second kappa shape index (κ2) is 8.20. The normalized spacial score (nSPS) is 11.6. The van der Waals surface area contributed by atoms with Gasteiger partial charge in [-0.15, -0.1) is 0 Å². The average Bonchev–Trinajstić information content (AvgIpc) is 2.67. The van der Waals surface area contributed by atoms with Gasteiger partial charge in [-0.3, -0.25) is 9.78 Å². The van der Waals surface area contributed by atoms with Crippen molar-refractivity contribution in [3.8, 4) is 5.75 Å². The van der Waals surface area contributed by atoms with Crippen molar-refractivity contribution in [1.82, 2.24) is 10.3 Å². The Bertz CT molecular complexity index is 834. The molecule has 6 heteroatoms. The van der Waals surface area contributed by atoms with Crippen LogP contribution in [0.15, 0.2) is 72.9 Å². The lowest BCUT2D eigenvalue weighted by molar-refractivity contribution is -0.123. The van der Waals surface area contributed by atoms with Gasteiger partial charge in [0.15, 0.2) is 18.2 Å². The van der Waals surface area contributed by atoms with Crippen molar-refractivity contribution in [3.63, 3.8) is 0 Å². The van der Waals surface area contributed by atoms with E-state index in [4.69, 9.17) is 4.74 Å². The highest BCUT2D eigenvalue weighted by atomic mass is 19.1. The van der Waals surface area contributed by atoms with Crippen LogP contribution in [0.3, 0.4) is 0 Å². The quantitative estimate of drug-likeness (QED) is 0.735. The maximum atomic E-state index is 13.6. The van der Waals surface area contributed by atoms with E-state index in [1.54, 1.807) is 18.3 Å². The molecule has 3 rings (SSSR count). The smallest absolute Gasteiger partial charge is 0.258 e. The Balaban J connectivity index is 1.71. The summed E-state index contributed by atoms with van der Waals surface area (Å²) in [4.78, 5) is 16.6. The SMILES string of the molecule is O=C(COc1ccc(F)cc1F)NC(c1ccccc1)c1ccccn1. The van der Waals surface area contributed by atoms with Crippen LogP contribution in [0, 0.1) is 11.6 Å². The molecule has 0 fully saturated rings. The van der Waals surface area contributed by atoms with Crippen molar-refractivity contribution >= 4 is 5.91 Å². The number of nitrogens with one attached hydrogen (secondary N) is 1. The van der Waals surface area contributed by atoms with E-state index in [1.807, 2.05) is 36.4 Å². The minimum absolute atomic E-state index is 0.185. The number of rotatable bonds is 6. The third-order valence-electron chi connectivity index (χ3n) is 3.67. The average molecular weight is 354 g/mol. The van der Waals surface area contributed by atoms with Gasteiger partial charge < -0.3 is 10.1 Å². The molecule has 132 valence electrons. The van der Waals surface area contributed by atoms with E-state index in [-0.39, 0.29) is 5.75 Å². The highest BCUT2D eigenvalue weighted by molar-refractivity contribution is 5.78. The molecule has 0 aliphatic carbocycles. The fourth-order valence-corrected chi connectivity index (χ4v) is 2.46. The minimum Gasteiger partial charge on any atom is -0.481 e. The summed E-state index contributed by atoms with van der Waals surface area (Å²) in [6, 6.07) is 17.2. The molecule has 2 aromatic carbocycles. The lowest BCUT2D eigenvalue weighted by Crippen LogP contribution is -2.33. The number of aromatic nitrogens is 1. The van der Waals surface area contributed by atoms with Gasteiger partial charge in [0.25, 0.3) is 5.91 Å². The van der Waals surface area contributed by atoms with Gasteiger partial charge in [-0.2, -0.15) is 0 Å². The van der Waals surface area contributed by atoms with E-state index in [1.165, 1.54) is 0 Å². The Labute approximate surface area is 149 Å². The van der Waals surface area contributed by atoms with Crippen LogP contribution in [0.2, 0.25) is 0 Å². The molecule has 1 atom stereocenters. The van der Waals surface area contributed by atoms with Crippen LogP contribution >= 0.6 is 0 Å². The van der Waals surface area contributed by atoms with E-state index in [0.29, 0.717) is 11.8 Å². The van der Waals surface area contributed by atoms with Gasteiger partial charge in [-0.25, -0.2) is 8.78 Å². The summed E-state index contributed by atoms with van der Waals surface area (Å²) >= 11 is 0. The first-order valence-electron chi connectivity index (χ1n) is 7.96. The third-order valence-corrected chi connectivity index (χ3v) is 3.67. The van der Waals surface area contributed by atoms with Crippen molar-refractivity contribution < 1.29 is 18.3 Å². The number of benzene rings is 2. The molecular formula is C20H16F2N2O2. The third kappa shape index (κ3) is 4.42. The number of nitrogens with zero attached hydrogens (tertiary/aromatic N) is 1. The molecule has 0 saturated carbocycles. The predicted molar refractivity (Wildman–Crippen MR) is 92.5 cm³/mol. The number of hydrogen-bond donors (Lipinski definition) is 1. The molecule has 1 heterocycles. The Hall–Kier alpha value is -3.28. The van der Waals surface area contributed by atoms with Gasteiger partial charge in [0.1, 0.15) is 5.82 Å². The fourth-order valence-electron chi connectivity index (χ4n) is 2.46. The minimum atomic E-state index is -0.859. The zero-order chi connectivity index (χ0) is 18.4. The van der Waals surface area contributed by atoms with E-state index < -0.39 is 30.2 Å². The van der Waals surface area contributed by atoms with E-state index in [0.717, 1.165) is 17.7 Å². The largest absolute Gasteiger partial charge is 0.481 e. The van der Waals surface area contributed by atoms with Gasteiger partial charge in [-0.05, 0) is 29.8 Å². The maximum absolute atomic E-state index is 13.6. The maximum Gasteiger partial charge on any atom is 0.258 e. The number of halogens is 2. The molecule has 0 spiro atoms. The van der Waals surface area contributed by atoms with Crippen LogP contribution < -0.4 is 10.1 Å². The molecule has 0 radical (unpaired) electrons. The summed E-state index contributed by atoms with van der Waals surface area (Å²) in [5.74, 6) is -2.20. The van der Waals surface area contributed by atoms with Crippen LogP contribution in [0.25, 0.3) is 0 Å². The lowest BCUT2D eigenvalue weighted by Gasteiger charge is -2.19. The molecule has 0 aliphatic heterocycles. The van der Waals surface area contributed by atoms with Gasteiger partial charge in [0.2, 0.25) is 0 Å². The van der Waals surface area contributed by atoms with Gasteiger partial charge in [0, 0.05) is 12.3 Å². The summed E-state index contributed by atoms with van der Waals surface area (Å²) in [6.45, 7) is -0.404. The van der Waals surface area contributed by atoms with Crippen molar-refractivity contribution in [2.24, 2.45) is 0 Å². The Morgan fingerprint density at radius 3 is 2.50 bits per heavy atom. The molecule has 4 nitrogen and oxygen atoms in total. The standard InChI is InChI=1S/C20H16F2N2O2/c21-15-9-10-18(16(22)12-15)26-13-19(25)24-20(14-6-2-1-3-7-14)17-8-4-5-11-23-17/h1-12,20H,13H2,(H,24,25). The molecular weight excluding hydrogens is 338 g/mol. The topological polar surface area (TPSA) is 51.2 Å². The van der Waals surface area contributed by atoms with Crippen LogP contribution in [0.1, 0.15) is 17.3 Å². The highest BCUT2D eigenvalue weighted by Gasteiger charge is 2.18. The van der Waals surface area contributed by atoms with Crippen LogP contribution in [0.4, 0.5) is 8.78 Å². The number of ether oxygens (including phenoxy) is 1. The molecule has 1 unspecified atom stereocenters. The predicted octanol–water partition coefficient (Wildman–Crippen LogP) is 3.64. The van der Waals surface area contributed by atoms with Crippen LogP contribution in [-0.2, 0) is 4.79 Å². The molecule has 3 aromatic rings. The first-order valence-corrected chi connectivity index (χ1v) is 7.96. The fraction of sp³-hybridized carbons (Fsp3) is 0.100. The lowest BCUT2D eigenvalue weighted by atomic mass is 10.0. The number of hydrogen-bond acceptors (Lipinski definition) is 3. The highest BCUT2D eigenvalue weighted by Crippen LogP contribution is 2.20. The van der Waals surface area contributed by atoms with Crippen LogP contribution in [-0.4, -0.2) is 17.5 Å². The zero-order valence-corrected chi connectivity index (χ0v) is 13.7. The van der Waals surface area contributed by atoms with Crippen molar-refractivity contribution in [2.45, 2.75) is 6.04 Å².